The number of furan rings is 1. The molecule has 0 aliphatic heterocycles. The SMILES string of the molecule is Cc1ccc(C(=O)C(NC(=O)c2ccco2)Nc2ccc(Cl)c(Cl)c2)cc1. The molecule has 1 heterocycles. The van der Waals surface area contributed by atoms with Gasteiger partial charge in [0.05, 0.1) is 16.3 Å². The largest absolute Gasteiger partial charge is 0.459 e. The van der Waals surface area contributed by atoms with Crippen molar-refractivity contribution < 1.29 is 14.0 Å². The summed E-state index contributed by atoms with van der Waals surface area (Å²) in [5.74, 6) is -0.716. The molecule has 0 aliphatic carbocycles. The maximum absolute atomic E-state index is 13.0. The Balaban J connectivity index is 1.87. The van der Waals surface area contributed by atoms with E-state index >= 15 is 0 Å². The van der Waals surface area contributed by atoms with Gasteiger partial charge in [-0.25, -0.2) is 0 Å². The Kier molecular flexibility index (Phi) is 5.84. The first-order chi connectivity index (χ1) is 12.9. The molecule has 1 unspecified atom stereocenters. The van der Waals surface area contributed by atoms with E-state index in [0.717, 1.165) is 5.56 Å². The van der Waals surface area contributed by atoms with Crippen LogP contribution in [-0.2, 0) is 0 Å². The fourth-order valence-electron chi connectivity index (χ4n) is 2.41. The highest BCUT2D eigenvalue weighted by Gasteiger charge is 2.24. The van der Waals surface area contributed by atoms with Crippen LogP contribution in [0.4, 0.5) is 5.69 Å². The van der Waals surface area contributed by atoms with Crippen molar-refractivity contribution in [3.8, 4) is 0 Å². The lowest BCUT2D eigenvalue weighted by Gasteiger charge is -2.20. The van der Waals surface area contributed by atoms with Gasteiger partial charge in [-0.3, -0.25) is 9.59 Å². The summed E-state index contributed by atoms with van der Waals surface area (Å²) in [6.07, 6.45) is 0.362. The molecule has 0 radical (unpaired) electrons. The number of hydrogen-bond donors (Lipinski definition) is 2. The zero-order valence-electron chi connectivity index (χ0n) is 14.3. The molecule has 2 N–H and O–H groups in total. The fourth-order valence-corrected chi connectivity index (χ4v) is 2.71. The van der Waals surface area contributed by atoms with E-state index in [0.29, 0.717) is 21.3 Å². The molecule has 7 heteroatoms. The number of hydrogen-bond acceptors (Lipinski definition) is 4. The van der Waals surface area contributed by atoms with Crippen LogP contribution in [0.2, 0.25) is 10.0 Å². The van der Waals surface area contributed by atoms with Crippen LogP contribution in [0, 0.1) is 6.92 Å². The predicted octanol–water partition coefficient (Wildman–Crippen LogP) is 4.95. The quantitative estimate of drug-likeness (QED) is 0.452. The summed E-state index contributed by atoms with van der Waals surface area (Å²) < 4.78 is 5.09. The van der Waals surface area contributed by atoms with Gasteiger partial charge in [-0.2, -0.15) is 0 Å². The molecule has 1 amide bonds. The summed E-state index contributed by atoms with van der Waals surface area (Å²) >= 11 is 12.0. The number of aryl methyl sites for hydroxylation is 1. The molecule has 0 saturated heterocycles. The number of nitrogens with one attached hydrogen (secondary N) is 2. The van der Waals surface area contributed by atoms with E-state index in [1.807, 2.05) is 19.1 Å². The van der Waals surface area contributed by atoms with Gasteiger partial charge >= 0.3 is 0 Å². The number of rotatable bonds is 6. The number of ketones is 1. The minimum Gasteiger partial charge on any atom is -0.459 e. The molecule has 0 bridgehead atoms. The predicted molar refractivity (Wildman–Crippen MR) is 106 cm³/mol. The van der Waals surface area contributed by atoms with Gasteiger partial charge in [-0.15, -0.1) is 0 Å². The number of carbonyl (C=O) groups excluding carboxylic acids is 2. The van der Waals surface area contributed by atoms with E-state index in [2.05, 4.69) is 10.6 Å². The van der Waals surface area contributed by atoms with Gasteiger partial charge < -0.3 is 15.1 Å². The van der Waals surface area contributed by atoms with E-state index < -0.39 is 12.1 Å². The monoisotopic (exact) mass is 402 g/mol. The van der Waals surface area contributed by atoms with E-state index in [1.165, 1.54) is 12.3 Å². The Morgan fingerprint density at radius 2 is 1.74 bits per heavy atom. The van der Waals surface area contributed by atoms with Crippen LogP contribution in [0.1, 0.15) is 26.5 Å². The third kappa shape index (κ3) is 4.70. The van der Waals surface area contributed by atoms with Gasteiger partial charge in [0, 0.05) is 11.3 Å². The maximum Gasteiger partial charge on any atom is 0.288 e. The van der Waals surface area contributed by atoms with Crippen molar-refractivity contribution >= 4 is 40.6 Å². The van der Waals surface area contributed by atoms with Crippen molar-refractivity contribution in [1.82, 2.24) is 5.32 Å². The van der Waals surface area contributed by atoms with Crippen LogP contribution in [0.25, 0.3) is 0 Å². The molecule has 5 nitrogen and oxygen atoms in total. The number of halogens is 2. The van der Waals surface area contributed by atoms with Crippen LogP contribution in [-0.4, -0.2) is 17.9 Å². The van der Waals surface area contributed by atoms with E-state index in [-0.39, 0.29) is 11.5 Å². The molecule has 0 saturated carbocycles. The van der Waals surface area contributed by atoms with E-state index in [9.17, 15) is 9.59 Å². The molecular weight excluding hydrogens is 387 g/mol. The second-order valence-corrected chi connectivity index (χ2v) is 6.70. The Labute approximate surface area is 166 Å². The van der Waals surface area contributed by atoms with Gasteiger partial charge in [-0.05, 0) is 37.3 Å². The summed E-state index contributed by atoms with van der Waals surface area (Å²) in [5.41, 5.74) is 2.02. The standard InChI is InChI=1S/C20H16Cl2N2O3/c1-12-4-6-13(7-5-12)18(25)19(24-20(26)17-3-2-10-27-17)23-14-8-9-15(21)16(22)11-14/h2-11,19,23H,1H3,(H,24,26). The van der Waals surface area contributed by atoms with Gasteiger partial charge in [-0.1, -0.05) is 53.0 Å². The summed E-state index contributed by atoms with van der Waals surface area (Å²) in [6.45, 7) is 1.93. The third-order valence-electron chi connectivity index (χ3n) is 3.85. The average Bonchev–Trinajstić information content (AvgIpc) is 3.19. The lowest BCUT2D eigenvalue weighted by molar-refractivity contribution is 0.0853. The highest BCUT2D eigenvalue weighted by molar-refractivity contribution is 6.42. The summed E-state index contributed by atoms with van der Waals surface area (Å²) in [7, 11) is 0. The molecule has 138 valence electrons. The van der Waals surface area contributed by atoms with Crippen molar-refractivity contribution in [2.75, 3.05) is 5.32 Å². The summed E-state index contributed by atoms with van der Waals surface area (Å²) in [6, 6.07) is 15.0. The first kappa shape index (κ1) is 19.0. The second kappa shape index (κ2) is 8.29. The van der Waals surface area contributed by atoms with E-state index in [1.54, 1.807) is 36.4 Å². The highest BCUT2D eigenvalue weighted by Crippen LogP contribution is 2.25. The fraction of sp³-hybridized carbons (Fsp3) is 0.100. The Hall–Kier alpha value is -2.76. The van der Waals surface area contributed by atoms with Gasteiger partial charge in [0.25, 0.3) is 5.91 Å². The third-order valence-corrected chi connectivity index (χ3v) is 4.59. The Bertz CT molecular complexity index is 954. The summed E-state index contributed by atoms with van der Waals surface area (Å²) in [4.78, 5) is 25.3. The van der Waals surface area contributed by atoms with Gasteiger partial charge in [0.15, 0.2) is 11.9 Å². The average molecular weight is 403 g/mol. The molecule has 1 atom stereocenters. The van der Waals surface area contributed by atoms with E-state index in [4.69, 9.17) is 27.6 Å². The summed E-state index contributed by atoms with van der Waals surface area (Å²) in [5, 5.41) is 6.36. The van der Waals surface area contributed by atoms with Crippen LogP contribution in [0.5, 0.6) is 0 Å². The second-order valence-electron chi connectivity index (χ2n) is 5.89. The molecule has 2 aromatic carbocycles. The normalized spacial score (nSPS) is 11.7. The molecule has 3 rings (SSSR count). The smallest absolute Gasteiger partial charge is 0.288 e. The maximum atomic E-state index is 13.0. The molecule has 0 spiro atoms. The minimum atomic E-state index is -1.03. The first-order valence-corrected chi connectivity index (χ1v) is 8.86. The molecule has 3 aromatic rings. The minimum absolute atomic E-state index is 0.104. The lowest BCUT2D eigenvalue weighted by atomic mass is 10.1. The lowest BCUT2D eigenvalue weighted by Crippen LogP contribution is -2.46. The number of Topliss-reactive ketones (excluding diaryl/α,β-unsaturated/α-hetero) is 1. The number of amides is 1. The van der Waals surface area contributed by atoms with Crippen LogP contribution >= 0.6 is 23.2 Å². The van der Waals surface area contributed by atoms with Crippen molar-refractivity contribution in [3.63, 3.8) is 0 Å². The number of carbonyl (C=O) groups is 2. The van der Waals surface area contributed by atoms with Crippen molar-refractivity contribution in [3.05, 3.63) is 87.8 Å². The molecule has 27 heavy (non-hydrogen) atoms. The topological polar surface area (TPSA) is 71.3 Å². The molecule has 0 fully saturated rings. The van der Waals surface area contributed by atoms with Crippen molar-refractivity contribution in [2.45, 2.75) is 13.1 Å². The zero-order valence-corrected chi connectivity index (χ0v) is 15.8. The van der Waals surface area contributed by atoms with Crippen molar-refractivity contribution in [2.24, 2.45) is 0 Å². The molecule has 0 aliphatic rings. The number of anilines is 1. The number of benzene rings is 2. The van der Waals surface area contributed by atoms with Crippen LogP contribution < -0.4 is 10.6 Å². The molecule has 1 aromatic heterocycles. The van der Waals surface area contributed by atoms with Crippen LogP contribution in [0.3, 0.4) is 0 Å². The van der Waals surface area contributed by atoms with Gasteiger partial charge in [0.1, 0.15) is 0 Å². The molecular formula is C20H16Cl2N2O3. The Morgan fingerprint density at radius 1 is 1.00 bits per heavy atom. The van der Waals surface area contributed by atoms with Gasteiger partial charge in [0.2, 0.25) is 5.78 Å². The highest BCUT2D eigenvalue weighted by atomic mass is 35.5. The zero-order chi connectivity index (χ0) is 19.4. The Morgan fingerprint density at radius 3 is 2.37 bits per heavy atom. The van der Waals surface area contributed by atoms with Crippen molar-refractivity contribution in [1.29, 1.82) is 0 Å². The first-order valence-electron chi connectivity index (χ1n) is 8.11. The van der Waals surface area contributed by atoms with Crippen LogP contribution in [0.15, 0.2) is 65.3 Å².